The van der Waals surface area contributed by atoms with Crippen molar-refractivity contribution in [3.63, 3.8) is 0 Å². The lowest BCUT2D eigenvalue weighted by Gasteiger charge is -2.15. The number of hydrogen-bond acceptors (Lipinski definition) is 5. The van der Waals surface area contributed by atoms with Gasteiger partial charge in [-0.3, -0.25) is 19.2 Å². The highest BCUT2D eigenvalue weighted by molar-refractivity contribution is 6.23. The largest absolute Gasteiger partial charge is 0.381 e. The number of oxime groups is 1. The number of carbonyl (C=O) groups is 2. The van der Waals surface area contributed by atoms with Crippen molar-refractivity contribution >= 4 is 17.5 Å². The van der Waals surface area contributed by atoms with Gasteiger partial charge in [0.05, 0.1) is 12.2 Å². The van der Waals surface area contributed by atoms with E-state index in [2.05, 4.69) is 10.3 Å². The fourth-order valence-corrected chi connectivity index (χ4v) is 3.23. The molecule has 2 aromatic rings. The fourth-order valence-electron chi connectivity index (χ4n) is 3.23. The first-order valence-corrected chi connectivity index (χ1v) is 7.69. The summed E-state index contributed by atoms with van der Waals surface area (Å²) in [7, 11) is 1.80. The zero-order chi connectivity index (χ0) is 16.8. The van der Waals surface area contributed by atoms with Gasteiger partial charge in [0.25, 0.3) is 5.91 Å². The SMILES string of the molecule is Cc1nn(C)cc1C1=NOC2C(=O)N(Cc3ccccc3)C(=O)C12. The van der Waals surface area contributed by atoms with E-state index >= 15 is 0 Å². The number of aromatic nitrogens is 2. The number of amides is 2. The Balaban J connectivity index is 1.64. The highest BCUT2D eigenvalue weighted by Crippen LogP contribution is 2.33. The van der Waals surface area contributed by atoms with Crippen LogP contribution in [-0.4, -0.2) is 38.3 Å². The van der Waals surface area contributed by atoms with Crippen LogP contribution in [0.2, 0.25) is 0 Å². The quantitative estimate of drug-likeness (QED) is 0.790. The first-order chi connectivity index (χ1) is 11.6. The van der Waals surface area contributed by atoms with Crippen LogP contribution in [0.15, 0.2) is 41.7 Å². The molecular formula is C17H16N4O3. The predicted octanol–water partition coefficient (Wildman–Crippen LogP) is 1.02. The minimum Gasteiger partial charge on any atom is -0.381 e. The first-order valence-electron chi connectivity index (χ1n) is 7.69. The summed E-state index contributed by atoms with van der Waals surface area (Å²) in [6.45, 7) is 2.09. The molecule has 1 fully saturated rings. The molecule has 0 aliphatic carbocycles. The average Bonchev–Trinajstić information content (AvgIpc) is 3.20. The molecule has 3 heterocycles. The third-order valence-corrected chi connectivity index (χ3v) is 4.38. The van der Waals surface area contributed by atoms with Crippen molar-refractivity contribution in [2.75, 3.05) is 0 Å². The minimum absolute atomic E-state index is 0.244. The second kappa shape index (κ2) is 5.30. The molecule has 7 heteroatoms. The first kappa shape index (κ1) is 14.6. The molecule has 2 atom stereocenters. The van der Waals surface area contributed by atoms with Gasteiger partial charge in [0.1, 0.15) is 11.6 Å². The Kier molecular flexibility index (Phi) is 3.23. The van der Waals surface area contributed by atoms with E-state index in [-0.39, 0.29) is 18.4 Å². The standard InChI is InChI=1S/C17H16N4O3/c1-10-12(9-20(2)18-10)14-13-15(24-19-14)17(23)21(16(13)22)8-11-6-4-3-5-7-11/h3-7,9,13,15H,8H2,1-2H3. The lowest BCUT2D eigenvalue weighted by atomic mass is 9.94. The Hall–Kier alpha value is -2.96. The Bertz CT molecular complexity index is 856. The van der Waals surface area contributed by atoms with Crippen LogP contribution < -0.4 is 0 Å². The summed E-state index contributed by atoms with van der Waals surface area (Å²) in [6.07, 6.45) is 0.924. The maximum Gasteiger partial charge on any atom is 0.274 e. The summed E-state index contributed by atoms with van der Waals surface area (Å²) in [4.78, 5) is 31.9. The van der Waals surface area contributed by atoms with Crippen molar-refractivity contribution in [1.82, 2.24) is 14.7 Å². The Labute approximate surface area is 138 Å². The molecule has 2 amide bonds. The third-order valence-electron chi connectivity index (χ3n) is 4.38. The van der Waals surface area contributed by atoms with E-state index in [9.17, 15) is 9.59 Å². The molecule has 24 heavy (non-hydrogen) atoms. The number of carbonyl (C=O) groups excluding carboxylic acids is 2. The summed E-state index contributed by atoms with van der Waals surface area (Å²) in [5, 5.41) is 8.27. The van der Waals surface area contributed by atoms with Gasteiger partial charge < -0.3 is 4.84 Å². The van der Waals surface area contributed by atoms with Crippen LogP contribution in [0.4, 0.5) is 0 Å². The number of aryl methyl sites for hydroxylation is 2. The molecule has 2 aliphatic rings. The zero-order valence-electron chi connectivity index (χ0n) is 13.3. The molecule has 2 unspecified atom stereocenters. The summed E-state index contributed by atoms with van der Waals surface area (Å²) in [5.74, 6) is -1.30. The summed E-state index contributed by atoms with van der Waals surface area (Å²) < 4.78 is 1.66. The Morgan fingerprint density at radius 1 is 1.17 bits per heavy atom. The molecule has 1 aromatic heterocycles. The third kappa shape index (κ3) is 2.12. The van der Waals surface area contributed by atoms with Crippen LogP contribution in [-0.2, 0) is 28.0 Å². The lowest BCUT2D eigenvalue weighted by Crippen LogP contribution is -2.32. The number of nitrogens with zero attached hydrogens (tertiary/aromatic N) is 4. The molecule has 1 saturated heterocycles. The normalized spacial score (nSPS) is 22.6. The van der Waals surface area contributed by atoms with E-state index in [1.165, 1.54) is 4.90 Å². The number of hydrogen-bond donors (Lipinski definition) is 0. The van der Waals surface area contributed by atoms with Gasteiger partial charge in [-0.2, -0.15) is 5.10 Å². The molecule has 0 saturated carbocycles. The van der Waals surface area contributed by atoms with E-state index in [4.69, 9.17) is 4.84 Å². The number of benzene rings is 1. The molecule has 0 radical (unpaired) electrons. The van der Waals surface area contributed by atoms with Gasteiger partial charge in [0.15, 0.2) is 0 Å². The number of rotatable bonds is 3. The molecule has 0 spiro atoms. The van der Waals surface area contributed by atoms with Gasteiger partial charge in [0.2, 0.25) is 12.0 Å². The molecule has 1 aromatic carbocycles. The predicted molar refractivity (Wildman–Crippen MR) is 84.8 cm³/mol. The molecule has 4 rings (SSSR count). The second-order valence-corrected chi connectivity index (χ2v) is 6.03. The van der Waals surface area contributed by atoms with Crippen molar-refractivity contribution in [3.8, 4) is 0 Å². The van der Waals surface area contributed by atoms with Crippen molar-refractivity contribution in [1.29, 1.82) is 0 Å². The van der Waals surface area contributed by atoms with E-state index in [0.717, 1.165) is 16.8 Å². The lowest BCUT2D eigenvalue weighted by molar-refractivity contribution is -0.142. The maximum atomic E-state index is 12.8. The highest BCUT2D eigenvalue weighted by atomic mass is 16.6. The van der Waals surface area contributed by atoms with Gasteiger partial charge in [-0.1, -0.05) is 35.5 Å². The van der Waals surface area contributed by atoms with E-state index in [0.29, 0.717) is 5.71 Å². The molecular weight excluding hydrogens is 308 g/mol. The van der Waals surface area contributed by atoms with Crippen LogP contribution >= 0.6 is 0 Å². The number of imide groups is 1. The Morgan fingerprint density at radius 3 is 2.58 bits per heavy atom. The van der Waals surface area contributed by atoms with E-state index in [1.807, 2.05) is 37.3 Å². The maximum absolute atomic E-state index is 12.8. The Morgan fingerprint density at radius 2 is 1.92 bits per heavy atom. The molecule has 122 valence electrons. The molecule has 7 nitrogen and oxygen atoms in total. The summed E-state index contributed by atoms with van der Waals surface area (Å²) in [6, 6.07) is 9.42. The van der Waals surface area contributed by atoms with Crippen molar-refractivity contribution < 1.29 is 14.4 Å². The minimum atomic E-state index is -0.865. The smallest absolute Gasteiger partial charge is 0.274 e. The second-order valence-electron chi connectivity index (χ2n) is 6.03. The average molecular weight is 324 g/mol. The number of likely N-dealkylation sites (tertiary alicyclic amines) is 1. The van der Waals surface area contributed by atoms with Crippen molar-refractivity contribution in [2.24, 2.45) is 18.1 Å². The molecule has 0 N–H and O–H groups in total. The van der Waals surface area contributed by atoms with Crippen LogP contribution in [0.25, 0.3) is 0 Å². The van der Waals surface area contributed by atoms with E-state index < -0.39 is 12.0 Å². The number of fused-ring (bicyclic) bond motifs is 1. The van der Waals surface area contributed by atoms with Gasteiger partial charge in [-0.25, -0.2) is 0 Å². The molecule has 0 bridgehead atoms. The fraction of sp³-hybridized carbons (Fsp3) is 0.294. The van der Waals surface area contributed by atoms with Crippen LogP contribution in [0.3, 0.4) is 0 Å². The summed E-state index contributed by atoms with van der Waals surface area (Å²) >= 11 is 0. The zero-order valence-corrected chi connectivity index (χ0v) is 13.3. The van der Waals surface area contributed by atoms with Crippen molar-refractivity contribution in [3.05, 3.63) is 53.3 Å². The monoisotopic (exact) mass is 324 g/mol. The highest BCUT2D eigenvalue weighted by Gasteiger charge is 2.55. The van der Waals surface area contributed by atoms with Crippen molar-refractivity contribution in [2.45, 2.75) is 19.6 Å². The van der Waals surface area contributed by atoms with Crippen LogP contribution in [0.1, 0.15) is 16.8 Å². The van der Waals surface area contributed by atoms with E-state index in [1.54, 1.807) is 17.9 Å². The van der Waals surface area contributed by atoms with Gasteiger partial charge in [-0.15, -0.1) is 0 Å². The van der Waals surface area contributed by atoms with Gasteiger partial charge >= 0.3 is 0 Å². The summed E-state index contributed by atoms with van der Waals surface area (Å²) in [5.41, 5.74) is 2.88. The van der Waals surface area contributed by atoms with Gasteiger partial charge in [-0.05, 0) is 12.5 Å². The van der Waals surface area contributed by atoms with Crippen LogP contribution in [0, 0.1) is 12.8 Å². The topological polar surface area (TPSA) is 76.8 Å². The van der Waals surface area contributed by atoms with Crippen LogP contribution in [0.5, 0.6) is 0 Å². The van der Waals surface area contributed by atoms with Gasteiger partial charge in [0, 0.05) is 18.8 Å². The molecule has 2 aliphatic heterocycles.